The van der Waals surface area contributed by atoms with Crippen molar-refractivity contribution in [2.45, 2.75) is 19.4 Å². The number of hydrogen-bond donors (Lipinski definition) is 2. The van der Waals surface area contributed by atoms with E-state index in [-0.39, 0.29) is 24.4 Å². The van der Waals surface area contributed by atoms with Crippen LogP contribution in [0.3, 0.4) is 0 Å². The quantitative estimate of drug-likeness (QED) is 0.710. The lowest BCUT2D eigenvalue weighted by atomic mass is 10.3. The highest BCUT2D eigenvalue weighted by atomic mass is 32.2. The first kappa shape index (κ1) is 14.3. The molecule has 98 valence electrons. The molecule has 0 bridgehead atoms. The molecule has 5 nitrogen and oxygen atoms in total. The lowest BCUT2D eigenvalue weighted by Gasteiger charge is -2.26. The van der Waals surface area contributed by atoms with Crippen molar-refractivity contribution in [3.05, 3.63) is 0 Å². The Morgan fingerprint density at radius 3 is 2.88 bits per heavy atom. The number of hydrogen-bond acceptors (Lipinski definition) is 4. The second kappa shape index (κ2) is 7.55. The predicted molar refractivity (Wildman–Crippen MR) is 70.1 cm³/mol. The summed E-state index contributed by atoms with van der Waals surface area (Å²) in [5, 5.41) is 5.94. The fourth-order valence-electron chi connectivity index (χ4n) is 1.60. The molecule has 6 heteroatoms. The van der Waals surface area contributed by atoms with Crippen LogP contribution in [0.15, 0.2) is 0 Å². The van der Waals surface area contributed by atoms with Gasteiger partial charge in [0.1, 0.15) is 0 Å². The first-order chi connectivity index (χ1) is 8.15. The van der Waals surface area contributed by atoms with Gasteiger partial charge in [0.15, 0.2) is 0 Å². The van der Waals surface area contributed by atoms with Gasteiger partial charge in [-0.05, 0) is 6.42 Å². The molecule has 0 saturated carbocycles. The van der Waals surface area contributed by atoms with Gasteiger partial charge in [-0.15, -0.1) is 0 Å². The molecular weight excluding hydrogens is 238 g/mol. The maximum Gasteiger partial charge on any atom is 0.240 e. The molecule has 0 aromatic heterocycles. The van der Waals surface area contributed by atoms with E-state index in [1.54, 1.807) is 18.8 Å². The molecule has 0 aromatic carbocycles. The molecular formula is C11H21N3O2S. The van der Waals surface area contributed by atoms with Gasteiger partial charge >= 0.3 is 0 Å². The molecule has 1 atom stereocenters. The Bertz CT molecular complexity index is 267. The number of carbonyl (C=O) groups excluding carboxylic acids is 2. The summed E-state index contributed by atoms with van der Waals surface area (Å²) in [6.07, 6.45) is 0.907. The summed E-state index contributed by atoms with van der Waals surface area (Å²) in [7, 11) is 1.68. The molecule has 0 spiro atoms. The van der Waals surface area contributed by atoms with E-state index < -0.39 is 0 Å². The number of rotatable bonds is 5. The second-order valence-corrected chi connectivity index (χ2v) is 5.28. The van der Waals surface area contributed by atoms with Crippen molar-refractivity contribution in [1.29, 1.82) is 0 Å². The summed E-state index contributed by atoms with van der Waals surface area (Å²) in [6, 6.07) is -0.141. The molecule has 2 amide bonds. The Balaban J connectivity index is 2.32. The average molecular weight is 259 g/mol. The molecule has 1 heterocycles. The number of thioether (sulfide) groups is 1. The van der Waals surface area contributed by atoms with E-state index in [4.69, 9.17) is 0 Å². The van der Waals surface area contributed by atoms with E-state index >= 15 is 0 Å². The molecule has 17 heavy (non-hydrogen) atoms. The molecule has 1 fully saturated rings. The van der Waals surface area contributed by atoms with Crippen LogP contribution in [0.2, 0.25) is 0 Å². The second-order valence-electron chi connectivity index (χ2n) is 4.13. The van der Waals surface area contributed by atoms with Gasteiger partial charge < -0.3 is 15.5 Å². The molecule has 1 rings (SSSR count). The van der Waals surface area contributed by atoms with Gasteiger partial charge in [0.2, 0.25) is 11.8 Å². The van der Waals surface area contributed by atoms with Gasteiger partial charge in [-0.25, -0.2) is 0 Å². The van der Waals surface area contributed by atoms with Gasteiger partial charge in [-0.3, -0.25) is 9.59 Å². The van der Waals surface area contributed by atoms with Crippen LogP contribution in [-0.4, -0.2) is 60.9 Å². The van der Waals surface area contributed by atoms with Crippen LogP contribution in [0.5, 0.6) is 0 Å². The first-order valence-electron chi connectivity index (χ1n) is 5.98. The Morgan fingerprint density at radius 1 is 1.53 bits per heavy atom. The number of amides is 2. The molecule has 1 unspecified atom stereocenters. The van der Waals surface area contributed by atoms with Crippen LogP contribution < -0.4 is 10.6 Å². The van der Waals surface area contributed by atoms with E-state index in [0.29, 0.717) is 6.54 Å². The van der Waals surface area contributed by atoms with E-state index in [1.807, 2.05) is 6.92 Å². The molecule has 1 saturated heterocycles. The van der Waals surface area contributed by atoms with Crippen molar-refractivity contribution in [1.82, 2.24) is 15.5 Å². The molecule has 2 N–H and O–H groups in total. The summed E-state index contributed by atoms with van der Waals surface area (Å²) in [6.45, 7) is 3.66. The molecule has 1 aliphatic rings. The van der Waals surface area contributed by atoms with Crippen LogP contribution >= 0.6 is 11.8 Å². The van der Waals surface area contributed by atoms with Crippen molar-refractivity contribution in [2.75, 3.05) is 38.2 Å². The Labute approximate surface area is 107 Å². The smallest absolute Gasteiger partial charge is 0.240 e. The van der Waals surface area contributed by atoms with Gasteiger partial charge in [-0.1, -0.05) is 6.92 Å². The van der Waals surface area contributed by atoms with E-state index in [9.17, 15) is 9.59 Å². The van der Waals surface area contributed by atoms with Gasteiger partial charge in [0.25, 0.3) is 0 Å². The van der Waals surface area contributed by atoms with E-state index in [2.05, 4.69) is 10.6 Å². The van der Waals surface area contributed by atoms with Crippen molar-refractivity contribution in [3.8, 4) is 0 Å². The van der Waals surface area contributed by atoms with Crippen molar-refractivity contribution in [2.24, 2.45) is 0 Å². The van der Waals surface area contributed by atoms with E-state index in [0.717, 1.165) is 24.5 Å². The largest absolute Gasteiger partial charge is 0.355 e. The third kappa shape index (κ3) is 4.95. The van der Waals surface area contributed by atoms with E-state index in [1.165, 1.54) is 4.90 Å². The molecule has 0 aliphatic carbocycles. The Hall–Kier alpha value is -0.750. The van der Waals surface area contributed by atoms with Crippen LogP contribution in [0.1, 0.15) is 13.3 Å². The highest BCUT2D eigenvalue weighted by molar-refractivity contribution is 7.99. The van der Waals surface area contributed by atoms with Gasteiger partial charge in [-0.2, -0.15) is 11.8 Å². The van der Waals surface area contributed by atoms with Crippen LogP contribution in [0, 0.1) is 0 Å². The SMILES string of the molecule is CCCNC(=O)CN(C)C(=O)C1CSCCN1. The summed E-state index contributed by atoms with van der Waals surface area (Å²) < 4.78 is 0. The van der Waals surface area contributed by atoms with Crippen LogP contribution in [0.25, 0.3) is 0 Å². The normalized spacial score (nSPS) is 19.8. The fourth-order valence-corrected chi connectivity index (χ4v) is 2.53. The molecule has 0 aromatic rings. The summed E-state index contributed by atoms with van der Waals surface area (Å²) >= 11 is 1.77. The predicted octanol–water partition coefficient (Wildman–Crippen LogP) is -0.324. The lowest BCUT2D eigenvalue weighted by molar-refractivity contribution is -0.136. The zero-order chi connectivity index (χ0) is 12.7. The number of nitrogens with zero attached hydrogens (tertiary/aromatic N) is 1. The fraction of sp³-hybridized carbons (Fsp3) is 0.818. The highest BCUT2D eigenvalue weighted by Crippen LogP contribution is 2.09. The number of carbonyl (C=O) groups is 2. The molecule has 0 radical (unpaired) electrons. The maximum absolute atomic E-state index is 12.0. The minimum Gasteiger partial charge on any atom is -0.355 e. The molecule has 1 aliphatic heterocycles. The topological polar surface area (TPSA) is 61.4 Å². The van der Waals surface area contributed by atoms with Crippen molar-refractivity contribution < 1.29 is 9.59 Å². The summed E-state index contributed by atoms with van der Waals surface area (Å²) in [5.41, 5.74) is 0. The van der Waals surface area contributed by atoms with Crippen LogP contribution in [-0.2, 0) is 9.59 Å². The lowest BCUT2D eigenvalue weighted by Crippen LogP contribution is -2.51. The third-order valence-electron chi connectivity index (χ3n) is 2.55. The minimum absolute atomic E-state index is 0.00356. The average Bonchev–Trinajstić information content (AvgIpc) is 2.36. The summed E-state index contributed by atoms with van der Waals surface area (Å²) in [4.78, 5) is 24.9. The Kier molecular flexibility index (Phi) is 6.36. The number of likely N-dealkylation sites (N-methyl/N-ethyl adjacent to an activating group) is 1. The van der Waals surface area contributed by atoms with Crippen LogP contribution in [0.4, 0.5) is 0 Å². The summed E-state index contributed by atoms with van der Waals surface area (Å²) in [5.74, 6) is 1.75. The zero-order valence-electron chi connectivity index (χ0n) is 10.5. The minimum atomic E-state index is -0.141. The van der Waals surface area contributed by atoms with Crippen molar-refractivity contribution >= 4 is 23.6 Å². The maximum atomic E-state index is 12.0. The number of nitrogens with one attached hydrogen (secondary N) is 2. The third-order valence-corrected chi connectivity index (χ3v) is 3.61. The standard InChI is InChI=1S/C11H21N3O2S/c1-3-4-13-10(15)7-14(2)11(16)9-8-17-6-5-12-9/h9,12H,3-8H2,1-2H3,(H,13,15). The zero-order valence-corrected chi connectivity index (χ0v) is 11.3. The monoisotopic (exact) mass is 259 g/mol. The highest BCUT2D eigenvalue weighted by Gasteiger charge is 2.24. The van der Waals surface area contributed by atoms with Gasteiger partial charge in [0.05, 0.1) is 12.6 Å². The van der Waals surface area contributed by atoms with Crippen molar-refractivity contribution in [3.63, 3.8) is 0 Å². The van der Waals surface area contributed by atoms with Gasteiger partial charge in [0, 0.05) is 31.6 Å². The first-order valence-corrected chi connectivity index (χ1v) is 7.13. The Morgan fingerprint density at radius 2 is 2.29 bits per heavy atom.